The quantitative estimate of drug-likeness (QED) is 0.327. The van der Waals surface area contributed by atoms with E-state index in [0.29, 0.717) is 21.3 Å². The standard InChI is InChI=1S/C22H15NO7S/c1-28-21(26)15-10-11-29-17(15)12-31-18-9-5-4-8-16(18)22(27)30-23-19(24)13-6-2-3-7-14(13)20(23)25/h2-11H,12H2,1H3. The van der Waals surface area contributed by atoms with E-state index in [1.54, 1.807) is 30.3 Å². The second-order valence-corrected chi connectivity index (χ2v) is 7.38. The molecule has 0 aliphatic carbocycles. The van der Waals surface area contributed by atoms with Crippen molar-refractivity contribution >= 4 is 35.5 Å². The zero-order valence-electron chi connectivity index (χ0n) is 16.2. The average Bonchev–Trinajstić information content (AvgIpc) is 3.36. The molecule has 9 heteroatoms. The monoisotopic (exact) mass is 437 g/mol. The first-order valence-electron chi connectivity index (χ1n) is 9.08. The molecule has 0 atom stereocenters. The number of rotatable bonds is 6. The highest BCUT2D eigenvalue weighted by molar-refractivity contribution is 7.98. The molecular weight excluding hydrogens is 422 g/mol. The highest BCUT2D eigenvalue weighted by Crippen LogP contribution is 2.30. The third kappa shape index (κ3) is 3.82. The SMILES string of the molecule is COC(=O)c1ccoc1CSc1ccccc1C(=O)ON1C(=O)c2ccccc2C1=O. The maximum absolute atomic E-state index is 12.8. The molecule has 8 nitrogen and oxygen atoms in total. The number of amides is 2. The third-order valence-electron chi connectivity index (χ3n) is 4.55. The zero-order valence-corrected chi connectivity index (χ0v) is 17.0. The number of hydrogen-bond acceptors (Lipinski definition) is 8. The smallest absolute Gasteiger partial charge is 0.365 e. The third-order valence-corrected chi connectivity index (χ3v) is 5.62. The van der Waals surface area contributed by atoms with Crippen LogP contribution in [-0.2, 0) is 15.3 Å². The largest absolute Gasteiger partial charge is 0.468 e. The van der Waals surface area contributed by atoms with Gasteiger partial charge in [0, 0.05) is 4.90 Å². The summed E-state index contributed by atoms with van der Waals surface area (Å²) in [6, 6.07) is 14.3. The number of nitrogens with zero attached hydrogens (tertiary/aromatic N) is 1. The fraction of sp³-hybridized carbons (Fsp3) is 0.0909. The minimum absolute atomic E-state index is 0.162. The number of carbonyl (C=O) groups is 4. The predicted octanol–water partition coefficient (Wildman–Crippen LogP) is 3.73. The Morgan fingerprint density at radius 2 is 1.55 bits per heavy atom. The number of furan rings is 1. The van der Waals surface area contributed by atoms with Gasteiger partial charge in [0.15, 0.2) is 0 Å². The highest BCUT2D eigenvalue weighted by Gasteiger charge is 2.39. The molecule has 3 aromatic rings. The van der Waals surface area contributed by atoms with E-state index in [1.165, 1.54) is 49.4 Å². The molecule has 0 fully saturated rings. The van der Waals surface area contributed by atoms with Gasteiger partial charge in [-0.05, 0) is 30.3 Å². The van der Waals surface area contributed by atoms with Crippen molar-refractivity contribution in [3.8, 4) is 0 Å². The molecule has 2 amide bonds. The minimum Gasteiger partial charge on any atom is -0.468 e. The van der Waals surface area contributed by atoms with Crippen molar-refractivity contribution in [2.45, 2.75) is 10.6 Å². The summed E-state index contributed by atoms with van der Waals surface area (Å²) in [6.07, 6.45) is 1.38. The Balaban J connectivity index is 1.51. The number of hydrogen-bond donors (Lipinski definition) is 0. The second kappa shape index (κ2) is 8.49. The van der Waals surface area contributed by atoms with Gasteiger partial charge in [-0.1, -0.05) is 29.3 Å². The number of imide groups is 1. The number of thioether (sulfide) groups is 1. The van der Waals surface area contributed by atoms with Gasteiger partial charge in [-0.25, -0.2) is 9.59 Å². The van der Waals surface area contributed by atoms with Gasteiger partial charge in [-0.3, -0.25) is 9.59 Å². The lowest BCUT2D eigenvalue weighted by atomic mass is 10.1. The van der Waals surface area contributed by atoms with E-state index >= 15 is 0 Å². The van der Waals surface area contributed by atoms with Crippen molar-refractivity contribution in [1.82, 2.24) is 5.06 Å². The molecule has 0 radical (unpaired) electrons. The lowest BCUT2D eigenvalue weighted by molar-refractivity contribution is -0.0586. The van der Waals surface area contributed by atoms with Crippen LogP contribution in [0, 0.1) is 0 Å². The Morgan fingerprint density at radius 1 is 0.903 bits per heavy atom. The summed E-state index contributed by atoms with van der Waals surface area (Å²) in [5, 5.41) is 0.469. The Morgan fingerprint density at radius 3 is 2.23 bits per heavy atom. The summed E-state index contributed by atoms with van der Waals surface area (Å²) >= 11 is 1.23. The number of carbonyl (C=O) groups excluding carboxylic acids is 4. The van der Waals surface area contributed by atoms with Crippen molar-refractivity contribution in [2.24, 2.45) is 0 Å². The van der Waals surface area contributed by atoms with Crippen molar-refractivity contribution < 1.29 is 33.2 Å². The molecule has 0 saturated heterocycles. The molecule has 0 spiro atoms. The fourth-order valence-corrected chi connectivity index (χ4v) is 4.02. The molecule has 0 unspecified atom stereocenters. The lowest BCUT2D eigenvalue weighted by Crippen LogP contribution is -2.32. The first-order chi connectivity index (χ1) is 15.0. The van der Waals surface area contributed by atoms with E-state index in [0.717, 1.165) is 0 Å². The van der Waals surface area contributed by atoms with Crippen LogP contribution in [0.5, 0.6) is 0 Å². The summed E-state index contributed by atoms with van der Waals surface area (Å²) < 4.78 is 10.1. The van der Waals surface area contributed by atoms with Crippen molar-refractivity contribution in [3.05, 3.63) is 88.9 Å². The Hall–Kier alpha value is -3.85. The Labute approximate surface area is 180 Å². The Kier molecular flexibility index (Phi) is 5.59. The number of methoxy groups -OCH3 is 1. The number of fused-ring (bicyclic) bond motifs is 1. The first kappa shape index (κ1) is 20.4. The molecule has 4 rings (SSSR count). The van der Waals surface area contributed by atoms with Crippen LogP contribution >= 0.6 is 11.8 Å². The van der Waals surface area contributed by atoms with Gasteiger partial charge < -0.3 is 14.0 Å². The molecule has 1 aromatic heterocycles. The van der Waals surface area contributed by atoms with Crippen LogP contribution in [0.25, 0.3) is 0 Å². The molecule has 0 bridgehead atoms. The van der Waals surface area contributed by atoms with E-state index < -0.39 is 23.8 Å². The van der Waals surface area contributed by atoms with Crippen LogP contribution < -0.4 is 0 Å². The van der Waals surface area contributed by atoms with E-state index in [-0.39, 0.29) is 22.4 Å². The van der Waals surface area contributed by atoms with Crippen molar-refractivity contribution in [3.63, 3.8) is 0 Å². The van der Waals surface area contributed by atoms with E-state index in [9.17, 15) is 19.2 Å². The molecule has 2 heterocycles. The topological polar surface area (TPSA) is 103 Å². The van der Waals surface area contributed by atoms with E-state index in [2.05, 4.69) is 0 Å². The van der Waals surface area contributed by atoms with Crippen LogP contribution in [-0.4, -0.2) is 35.9 Å². The maximum atomic E-state index is 12.8. The van der Waals surface area contributed by atoms with Crippen molar-refractivity contribution in [1.29, 1.82) is 0 Å². The minimum atomic E-state index is -0.856. The fourth-order valence-electron chi connectivity index (χ4n) is 3.03. The molecule has 156 valence electrons. The van der Waals surface area contributed by atoms with Crippen LogP contribution in [0.1, 0.15) is 47.2 Å². The van der Waals surface area contributed by atoms with E-state index in [1.807, 2.05) is 0 Å². The van der Waals surface area contributed by atoms with Crippen LogP contribution in [0.3, 0.4) is 0 Å². The van der Waals surface area contributed by atoms with E-state index in [4.69, 9.17) is 14.0 Å². The van der Waals surface area contributed by atoms with Gasteiger partial charge in [-0.15, -0.1) is 11.8 Å². The molecule has 31 heavy (non-hydrogen) atoms. The van der Waals surface area contributed by atoms with Crippen LogP contribution in [0.2, 0.25) is 0 Å². The zero-order chi connectivity index (χ0) is 22.0. The predicted molar refractivity (Wildman–Crippen MR) is 108 cm³/mol. The lowest BCUT2D eigenvalue weighted by Gasteiger charge is -2.14. The van der Waals surface area contributed by atoms with Crippen LogP contribution in [0.4, 0.5) is 0 Å². The molecule has 0 saturated carbocycles. The van der Waals surface area contributed by atoms with Gasteiger partial charge in [0.25, 0.3) is 11.8 Å². The van der Waals surface area contributed by atoms with Gasteiger partial charge in [0.1, 0.15) is 11.3 Å². The maximum Gasteiger partial charge on any atom is 0.365 e. The molecule has 0 N–H and O–H groups in total. The van der Waals surface area contributed by atoms with Crippen LogP contribution in [0.15, 0.2) is 70.2 Å². The number of esters is 1. The van der Waals surface area contributed by atoms with Gasteiger partial charge in [0.05, 0.1) is 35.8 Å². The molecule has 1 aliphatic heterocycles. The van der Waals surface area contributed by atoms with Gasteiger partial charge in [-0.2, -0.15) is 0 Å². The molecule has 2 aromatic carbocycles. The summed E-state index contributed by atoms with van der Waals surface area (Å²) in [7, 11) is 1.27. The highest BCUT2D eigenvalue weighted by atomic mass is 32.2. The normalized spacial score (nSPS) is 12.6. The molecule has 1 aliphatic rings. The summed E-state index contributed by atoms with van der Waals surface area (Å²) in [5.74, 6) is -2.14. The van der Waals surface area contributed by atoms with Gasteiger partial charge >= 0.3 is 11.9 Å². The van der Waals surface area contributed by atoms with Crippen molar-refractivity contribution in [2.75, 3.05) is 7.11 Å². The second-order valence-electron chi connectivity index (χ2n) is 6.36. The number of benzene rings is 2. The molecular formula is C22H15NO7S. The first-order valence-corrected chi connectivity index (χ1v) is 10.1. The average molecular weight is 437 g/mol. The number of hydroxylamine groups is 2. The summed E-state index contributed by atoms with van der Waals surface area (Å²) in [6.45, 7) is 0. The Bertz CT molecular complexity index is 1160. The summed E-state index contributed by atoms with van der Waals surface area (Å²) in [5.41, 5.74) is 0.809. The number of ether oxygens (including phenoxy) is 1. The summed E-state index contributed by atoms with van der Waals surface area (Å²) in [4.78, 5) is 55.1. The van der Waals surface area contributed by atoms with Gasteiger partial charge in [0.2, 0.25) is 0 Å².